The molecule has 1 rings (SSSR count). The molecule has 0 saturated heterocycles. The van der Waals surface area contributed by atoms with Gasteiger partial charge in [0.25, 0.3) is 0 Å². The molecule has 10 heavy (non-hydrogen) atoms. The lowest BCUT2D eigenvalue weighted by atomic mass is 10.1. The number of imidazole rings is 1. The highest BCUT2D eigenvalue weighted by Gasteiger charge is 2.06. The summed E-state index contributed by atoms with van der Waals surface area (Å²) in [6.45, 7) is 4.03. The molecule has 0 spiro atoms. The second kappa shape index (κ2) is 2.64. The van der Waals surface area contributed by atoms with E-state index >= 15 is 0 Å². The quantitative estimate of drug-likeness (QED) is 0.627. The zero-order valence-electron chi connectivity index (χ0n) is 6.09. The van der Waals surface area contributed by atoms with Gasteiger partial charge in [-0.15, -0.1) is 0 Å². The van der Waals surface area contributed by atoms with Crippen molar-refractivity contribution in [2.75, 3.05) is 0 Å². The molecule has 3 nitrogen and oxygen atoms in total. The topological polar surface area (TPSA) is 45.8 Å². The van der Waals surface area contributed by atoms with Crippen molar-refractivity contribution in [3.05, 3.63) is 17.7 Å². The van der Waals surface area contributed by atoms with Gasteiger partial charge in [-0.2, -0.15) is 0 Å². The van der Waals surface area contributed by atoms with E-state index in [0.29, 0.717) is 11.6 Å². The average molecular weight is 138 g/mol. The summed E-state index contributed by atoms with van der Waals surface area (Å²) in [6.07, 6.45) is 2.31. The first-order valence-electron chi connectivity index (χ1n) is 3.24. The van der Waals surface area contributed by atoms with Crippen LogP contribution in [0, 0.1) is 0 Å². The summed E-state index contributed by atoms with van der Waals surface area (Å²) < 4.78 is 0. The molecule has 1 N–H and O–H groups in total. The molecule has 0 bridgehead atoms. The van der Waals surface area contributed by atoms with Gasteiger partial charge in [0, 0.05) is 5.69 Å². The second-order valence-electron chi connectivity index (χ2n) is 2.47. The Balaban J connectivity index is 3.01. The van der Waals surface area contributed by atoms with Crippen LogP contribution in [0.4, 0.5) is 0 Å². The number of aldehydes is 1. The Hall–Kier alpha value is -1.12. The van der Waals surface area contributed by atoms with Gasteiger partial charge in [-0.25, -0.2) is 4.98 Å². The molecule has 54 valence electrons. The van der Waals surface area contributed by atoms with E-state index in [1.807, 2.05) is 13.8 Å². The third kappa shape index (κ3) is 1.07. The molecule has 0 aliphatic rings. The van der Waals surface area contributed by atoms with Crippen molar-refractivity contribution >= 4 is 6.29 Å². The summed E-state index contributed by atoms with van der Waals surface area (Å²) in [7, 11) is 0. The summed E-state index contributed by atoms with van der Waals surface area (Å²) in [5.74, 6) is 0.336. The minimum Gasteiger partial charge on any atom is -0.348 e. The van der Waals surface area contributed by atoms with E-state index in [0.717, 1.165) is 12.0 Å². The maximum atomic E-state index is 10.3. The van der Waals surface area contributed by atoms with Crippen LogP contribution in [-0.2, 0) is 0 Å². The van der Waals surface area contributed by atoms with E-state index in [2.05, 4.69) is 9.97 Å². The second-order valence-corrected chi connectivity index (χ2v) is 2.47. The third-order valence-corrected chi connectivity index (χ3v) is 1.39. The van der Waals surface area contributed by atoms with Crippen molar-refractivity contribution in [2.45, 2.75) is 19.8 Å². The largest absolute Gasteiger partial charge is 0.348 e. The zero-order chi connectivity index (χ0) is 7.56. The van der Waals surface area contributed by atoms with Crippen LogP contribution in [0.15, 0.2) is 6.33 Å². The number of carbonyl (C=O) groups excluding carboxylic acids is 1. The molecule has 0 aliphatic heterocycles. The minimum absolute atomic E-state index is 0.336. The van der Waals surface area contributed by atoms with Gasteiger partial charge < -0.3 is 4.98 Å². The van der Waals surface area contributed by atoms with Gasteiger partial charge in [0.05, 0.1) is 6.33 Å². The number of nitrogens with zero attached hydrogens (tertiary/aromatic N) is 1. The lowest BCUT2D eigenvalue weighted by Gasteiger charge is -1.99. The Morgan fingerprint density at radius 2 is 2.40 bits per heavy atom. The highest BCUT2D eigenvalue weighted by Crippen LogP contribution is 2.12. The number of rotatable bonds is 2. The van der Waals surface area contributed by atoms with E-state index in [4.69, 9.17) is 0 Å². The van der Waals surface area contributed by atoms with Gasteiger partial charge in [0.15, 0.2) is 6.29 Å². The maximum Gasteiger partial charge on any atom is 0.170 e. The number of carbonyl (C=O) groups is 1. The number of hydrogen-bond acceptors (Lipinski definition) is 2. The number of nitrogens with one attached hydrogen (secondary N) is 1. The van der Waals surface area contributed by atoms with Crippen molar-refractivity contribution in [1.29, 1.82) is 0 Å². The van der Waals surface area contributed by atoms with E-state index < -0.39 is 0 Å². The van der Waals surface area contributed by atoms with Crippen molar-refractivity contribution in [3.63, 3.8) is 0 Å². The first-order valence-corrected chi connectivity index (χ1v) is 3.24. The minimum atomic E-state index is 0.336. The lowest BCUT2D eigenvalue weighted by Crippen LogP contribution is -1.92. The monoisotopic (exact) mass is 138 g/mol. The van der Waals surface area contributed by atoms with Gasteiger partial charge in [0.2, 0.25) is 0 Å². The molecule has 0 fully saturated rings. The van der Waals surface area contributed by atoms with Crippen molar-refractivity contribution < 1.29 is 4.79 Å². The molecular formula is C7H10N2O. The van der Waals surface area contributed by atoms with E-state index in [1.165, 1.54) is 0 Å². The SMILES string of the molecule is CC(C)c1[nH]cnc1C=O. The van der Waals surface area contributed by atoms with Crippen molar-refractivity contribution in [1.82, 2.24) is 9.97 Å². The summed E-state index contributed by atoms with van der Waals surface area (Å²) in [6, 6.07) is 0. The Bertz CT molecular complexity index is 227. The zero-order valence-corrected chi connectivity index (χ0v) is 6.09. The fraction of sp³-hybridized carbons (Fsp3) is 0.429. The van der Waals surface area contributed by atoms with Crippen LogP contribution in [0.25, 0.3) is 0 Å². The summed E-state index contributed by atoms with van der Waals surface area (Å²) in [5, 5.41) is 0. The Morgan fingerprint density at radius 1 is 1.70 bits per heavy atom. The van der Waals surface area contributed by atoms with Gasteiger partial charge in [-0.1, -0.05) is 13.8 Å². The highest BCUT2D eigenvalue weighted by atomic mass is 16.1. The van der Waals surface area contributed by atoms with Crippen LogP contribution in [0.5, 0.6) is 0 Å². The predicted octanol–water partition coefficient (Wildman–Crippen LogP) is 1.35. The molecule has 0 aromatic carbocycles. The van der Waals surface area contributed by atoms with E-state index in [9.17, 15) is 4.79 Å². The van der Waals surface area contributed by atoms with Crippen LogP contribution in [0.3, 0.4) is 0 Å². The lowest BCUT2D eigenvalue weighted by molar-refractivity contribution is 0.111. The number of aromatic amines is 1. The standard InChI is InChI=1S/C7H10N2O/c1-5(2)7-6(3-10)8-4-9-7/h3-5H,1-2H3,(H,8,9). The predicted molar refractivity (Wildman–Crippen MR) is 38.1 cm³/mol. The molecule has 3 heteroatoms. The third-order valence-electron chi connectivity index (χ3n) is 1.39. The van der Waals surface area contributed by atoms with E-state index in [-0.39, 0.29) is 0 Å². The Morgan fingerprint density at radius 3 is 2.80 bits per heavy atom. The van der Waals surface area contributed by atoms with Gasteiger partial charge in [0.1, 0.15) is 5.69 Å². The molecule has 0 amide bonds. The van der Waals surface area contributed by atoms with Crippen LogP contribution >= 0.6 is 0 Å². The molecule has 0 radical (unpaired) electrons. The van der Waals surface area contributed by atoms with E-state index in [1.54, 1.807) is 6.33 Å². The fourth-order valence-corrected chi connectivity index (χ4v) is 0.871. The molecular weight excluding hydrogens is 128 g/mol. The molecule has 0 atom stereocenters. The summed E-state index contributed by atoms with van der Waals surface area (Å²) >= 11 is 0. The Kier molecular flexibility index (Phi) is 1.85. The first kappa shape index (κ1) is 6.99. The van der Waals surface area contributed by atoms with Crippen LogP contribution in [0.1, 0.15) is 35.9 Å². The normalized spacial score (nSPS) is 10.3. The molecule has 0 unspecified atom stereocenters. The summed E-state index contributed by atoms with van der Waals surface area (Å²) in [5.41, 5.74) is 1.44. The molecule has 0 aliphatic carbocycles. The van der Waals surface area contributed by atoms with Crippen molar-refractivity contribution in [3.8, 4) is 0 Å². The first-order chi connectivity index (χ1) is 4.75. The molecule has 1 heterocycles. The van der Waals surface area contributed by atoms with Crippen LogP contribution in [-0.4, -0.2) is 16.3 Å². The Labute approximate surface area is 59.5 Å². The summed E-state index contributed by atoms with van der Waals surface area (Å²) in [4.78, 5) is 17.1. The average Bonchev–Trinajstić information content (AvgIpc) is 2.33. The number of H-pyrrole nitrogens is 1. The molecule has 1 aromatic heterocycles. The molecule has 1 aromatic rings. The smallest absolute Gasteiger partial charge is 0.170 e. The van der Waals surface area contributed by atoms with Crippen molar-refractivity contribution in [2.24, 2.45) is 0 Å². The number of aromatic nitrogens is 2. The molecule has 0 saturated carbocycles. The van der Waals surface area contributed by atoms with Gasteiger partial charge in [-0.3, -0.25) is 4.79 Å². The fourth-order valence-electron chi connectivity index (χ4n) is 0.871. The van der Waals surface area contributed by atoms with Gasteiger partial charge in [-0.05, 0) is 5.92 Å². The van der Waals surface area contributed by atoms with Crippen LogP contribution in [0.2, 0.25) is 0 Å². The number of hydrogen-bond donors (Lipinski definition) is 1. The van der Waals surface area contributed by atoms with Gasteiger partial charge >= 0.3 is 0 Å². The highest BCUT2D eigenvalue weighted by molar-refractivity contribution is 5.73. The van der Waals surface area contributed by atoms with Crippen LogP contribution < -0.4 is 0 Å². The maximum absolute atomic E-state index is 10.3.